The number of hydrogen-bond donors (Lipinski definition) is 0. The van der Waals surface area contributed by atoms with E-state index in [0.717, 1.165) is 5.56 Å². The molecule has 0 N–H and O–H groups in total. The summed E-state index contributed by atoms with van der Waals surface area (Å²) in [5, 5.41) is 1.13. The molecule has 3 nitrogen and oxygen atoms in total. The minimum absolute atomic E-state index is 0.00349. The summed E-state index contributed by atoms with van der Waals surface area (Å²) < 4.78 is 5.75. The lowest BCUT2D eigenvalue weighted by Gasteiger charge is -2.19. The van der Waals surface area contributed by atoms with Crippen LogP contribution >= 0.6 is 23.2 Å². The zero-order valence-corrected chi connectivity index (χ0v) is 14.7. The van der Waals surface area contributed by atoms with Crippen molar-refractivity contribution in [1.29, 1.82) is 0 Å². The van der Waals surface area contributed by atoms with Crippen molar-refractivity contribution in [2.45, 2.75) is 20.5 Å². The Morgan fingerprint density at radius 3 is 2.26 bits per heavy atom. The number of ether oxygens (including phenoxy) is 1. The highest BCUT2D eigenvalue weighted by molar-refractivity contribution is 6.35. The molecule has 0 heterocycles. The average Bonchev–Trinajstić information content (AvgIpc) is 2.55. The smallest absolute Gasteiger partial charge is 0.253 e. The van der Waals surface area contributed by atoms with E-state index in [9.17, 15) is 4.79 Å². The molecule has 1 amide bonds. The summed E-state index contributed by atoms with van der Waals surface area (Å²) in [6.45, 7) is 5.52. The molecule has 0 unspecified atom stereocenters. The summed E-state index contributed by atoms with van der Waals surface area (Å²) in [5.74, 6) is 0.607. The van der Waals surface area contributed by atoms with Crippen LogP contribution in [0, 0.1) is 0 Å². The topological polar surface area (TPSA) is 29.5 Å². The van der Waals surface area contributed by atoms with Gasteiger partial charge in [0.1, 0.15) is 12.4 Å². The van der Waals surface area contributed by atoms with E-state index in [4.69, 9.17) is 27.9 Å². The number of rotatable bonds is 6. The molecule has 0 aliphatic carbocycles. The molecular formula is C18H19Cl2NO2. The molecule has 0 saturated carbocycles. The van der Waals surface area contributed by atoms with Crippen molar-refractivity contribution in [3.8, 4) is 5.75 Å². The normalized spacial score (nSPS) is 10.4. The second kappa shape index (κ2) is 8.23. The zero-order chi connectivity index (χ0) is 16.8. The molecule has 0 aromatic heterocycles. The minimum atomic E-state index is -0.00349. The van der Waals surface area contributed by atoms with Gasteiger partial charge in [-0.3, -0.25) is 4.79 Å². The molecule has 0 fully saturated rings. The van der Waals surface area contributed by atoms with Crippen LogP contribution in [0.3, 0.4) is 0 Å². The number of carbonyl (C=O) groups is 1. The second-order valence-electron chi connectivity index (χ2n) is 4.99. The molecule has 2 aromatic carbocycles. The maximum Gasteiger partial charge on any atom is 0.253 e. The van der Waals surface area contributed by atoms with Crippen molar-refractivity contribution in [3.63, 3.8) is 0 Å². The van der Waals surface area contributed by atoms with Crippen LogP contribution in [-0.4, -0.2) is 23.9 Å². The fourth-order valence-corrected chi connectivity index (χ4v) is 2.74. The van der Waals surface area contributed by atoms with Crippen LogP contribution in [0.25, 0.3) is 0 Å². The Labute approximate surface area is 146 Å². The van der Waals surface area contributed by atoms with Crippen molar-refractivity contribution in [1.82, 2.24) is 4.90 Å². The highest BCUT2D eigenvalue weighted by Crippen LogP contribution is 2.26. The SMILES string of the molecule is CCN(CC)C(=O)c1cccc(OCc2c(Cl)cccc2Cl)c1. The third-order valence-electron chi connectivity index (χ3n) is 3.58. The largest absolute Gasteiger partial charge is 0.489 e. The second-order valence-corrected chi connectivity index (χ2v) is 5.81. The molecule has 0 aliphatic rings. The first kappa shape index (κ1) is 17.6. The molecule has 0 aliphatic heterocycles. The monoisotopic (exact) mass is 351 g/mol. The molecular weight excluding hydrogens is 333 g/mol. The van der Waals surface area contributed by atoms with E-state index >= 15 is 0 Å². The molecule has 5 heteroatoms. The Balaban J connectivity index is 2.13. The van der Waals surface area contributed by atoms with Gasteiger partial charge in [0.05, 0.1) is 0 Å². The number of hydrogen-bond acceptors (Lipinski definition) is 2. The molecule has 2 rings (SSSR count). The van der Waals surface area contributed by atoms with Gasteiger partial charge in [-0.2, -0.15) is 0 Å². The van der Waals surface area contributed by atoms with Crippen LogP contribution in [0.15, 0.2) is 42.5 Å². The number of benzene rings is 2. The predicted molar refractivity (Wildman–Crippen MR) is 94.5 cm³/mol. The molecule has 23 heavy (non-hydrogen) atoms. The Morgan fingerprint density at radius 2 is 1.65 bits per heavy atom. The lowest BCUT2D eigenvalue weighted by Crippen LogP contribution is -2.30. The van der Waals surface area contributed by atoms with Crippen LogP contribution in [0.1, 0.15) is 29.8 Å². The Morgan fingerprint density at radius 1 is 1.04 bits per heavy atom. The first-order valence-electron chi connectivity index (χ1n) is 7.51. The molecule has 122 valence electrons. The summed E-state index contributed by atoms with van der Waals surface area (Å²) in [4.78, 5) is 14.1. The number of nitrogens with zero attached hydrogens (tertiary/aromatic N) is 1. The fourth-order valence-electron chi connectivity index (χ4n) is 2.24. The molecule has 0 radical (unpaired) electrons. The van der Waals surface area contributed by atoms with Gasteiger partial charge in [0.2, 0.25) is 0 Å². The van der Waals surface area contributed by atoms with Crippen LogP contribution < -0.4 is 4.74 Å². The summed E-state index contributed by atoms with van der Waals surface area (Å²) >= 11 is 12.3. The Kier molecular flexibility index (Phi) is 6.31. The van der Waals surface area contributed by atoms with Crippen LogP contribution in [0.2, 0.25) is 10.0 Å². The van der Waals surface area contributed by atoms with E-state index in [1.807, 2.05) is 19.9 Å². The average molecular weight is 352 g/mol. The molecule has 2 aromatic rings. The maximum absolute atomic E-state index is 12.4. The highest BCUT2D eigenvalue weighted by Gasteiger charge is 2.13. The standard InChI is InChI=1S/C18H19Cl2NO2/c1-3-21(4-2)18(22)13-7-5-8-14(11-13)23-12-15-16(19)9-6-10-17(15)20/h5-11H,3-4,12H2,1-2H3. The van der Waals surface area contributed by atoms with E-state index in [1.165, 1.54) is 0 Å². The van der Waals surface area contributed by atoms with Crippen molar-refractivity contribution < 1.29 is 9.53 Å². The number of halogens is 2. The van der Waals surface area contributed by atoms with E-state index in [1.54, 1.807) is 41.3 Å². The van der Waals surface area contributed by atoms with Crippen LogP contribution in [0.5, 0.6) is 5.75 Å². The van der Waals surface area contributed by atoms with E-state index in [-0.39, 0.29) is 12.5 Å². The highest BCUT2D eigenvalue weighted by atomic mass is 35.5. The van der Waals surface area contributed by atoms with Gasteiger partial charge < -0.3 is 9.64 Å². The summed E-state index contributed by atoms with van der Waals surface area (Å²) in [6.07, 6.45) is 0. The van der Waals surface area contributed by atoms with Gasteiger partial charge in [0.25, 0.3) is 5.91 Å². The lowest BCUT2D eigenvalue weighted by molar-refractivity contribution is 0.0772. The van der Waals surface area contributed by atoms with Gasteiger partial charge in [0.15, 0.2) is 0 Å². The van der Waals surface area contributed by atoms with Crippen molar-refractivity contribution in [3.05, 3.63) is 63.6 Å². The lowest BCUT2D eigenvalue weighted by atomic mass is 10.2. The van der Waals surface area contributed by atoms with Gasteiger partial charge >= 0.3 is 0 Å². The molecule has 0 saturated heterocycles. The van der Waals surface area contributed by atoms with E-state index in [0.29, 0.717) is 34.4 Å². The zero-order valence-electron chi connectivity index (χ0n) is 13.2. The van der Waals surface area contributed by atoms with Gasteiger partial charge in [-0.05, 0) is 44.2 Å². The summed E-state index contributed by atoms with van der Waals surface area (Å²) in [5.41, 5.74) is 1.34. The third kappa shape index (κ3) is 4.40. The number of carbonyl (C=O) groups excluding carboxylic acids is 1. The van der Waals surface area contributed by atoms with Crippen molar-refractivity contribution >= 4 is 29.1 Å². The quantitative estimate of drug-likeness (QED) is 0.728. The van der Waals surface area contributed by atoms with Crippen molar-refractivity contribution in [2.75, 3.05) is 13.1 Å². The van der Waals surface area contributed by atoms with Gasteiger partial charge in [-0.25, -0.2) is 0 Å². The predicted octanol–water partition coefficient (Wildman–Crippen LogP) is 5.05. The van der Waals surface area contributed by atoms with E-state index in [2.05, 4.69) is 0 Å². The van der Waals surface area contributed by atoms with Gasteiger partial charge in [0, 0.05) is 34.3 Å². The first-order valence-corrected chi connectivity index (χ1v) is 8.27. The number of amides is 1. The maximum atomic E-state index is 12.4. The van der Waals surface area contributed by atoms with E-state index < -0.39 is 0 Å². The van der Waals surface area contributed by atoms with Crippen LogP contribution in [0.4, 0.5) is 0 Å². The molecule has 0 spiro atoms. The minimum Gasteiger partial charge on any atom is -0.489 e. The summed E-state index contributed by atoms with van der Waals surface area (Å²) in [6, 6.07) is 12.5. The van der Waals surface area contributed by atoms with Gasteiger partial charge in [-0.15, -0.1) is 0 Å². The fraction of sp³-hybridized carbons (Fsp3) is 0.278. The molecule has 0 bridgehead atoms. The van der Waals surface area contributed by atoms with Crippen molar-refractivity contribution in [2.24, 2.45) is 0 Å². The third-order valence-corrected chi connectivity index (χ3v) is 4.28. The Bertz CT molecular complexity index is 664. The molecule has 0 atom stereocenters. The first-order chi connectivity index (χ1) is 11.1. The van der Waals surface area contributed by atoms with Gasteiger partial charge in [-0.1, -0.05) is 35.3 Å². The summed E-state index contributed by atoms with van der Waals surface area (Å²) in [7, 11) is 0. The van der Waals surface area contributed by atoms with Crippen LogP contribution in [-0.2, 0) is 6.61 Å². The Hall–Kier alpha value is -1.71.